The lowest BCUT2D eigenvalue weighted by Gasteiger charge is -2.22. The molecule has 6 nitrogen and oxygen atoms in total. The van der Waals surface area contributed by atoms with Gasteiger partial charge in [0, 0.05) is 5.02 Å². The highest BCUT2D eigenvalue weighted by molar-refractivity contribution is 7.91. The average molecular weight is 433 g/mol. The maximum Gasteiger partial charge on any atom is 0.344 e. The fraction of sp³-hybridized carbons (Fsp3) is 0.238. The number of halogens is 1. The first-order chi connectivity index (χ1) is 13.5. The zero-order valence-corrected chi connectivity index (χ0v) is 18.1. The first-order valence-corrected chi connectivity index (χ1v) is 10.8. The molecular weight excluding hydrogens is 412 g/mol. The Morgan fingerprint density at radius 2 is 1.62 bits per heavy atom. The van der Waals surface area contributed by atoms with Crippen LogP contribution < -0.4 is 4.74 Å². The summed E-state index contributed by atoms with van der Waals surface area (Å²) in [6.07, 6.45) is 0. The van der Waals surface area contributed by atoms with Crippen LogP contribution in [0.1, 0.15) is 36.8 Å². The minimum atomic E-state index is -3.96. The monoisotopic (exact) mass is 432 g/mol. The second kappa shape index (κ2) is 7.65. The van der Waals surface area contributed by atoms with Gasteiger partial charge in [0.05, 0.1) is 21.7 Å². The third-order valence-electron chi connectivity index (χ3n) is 4.19. The van der Waals surface area contributed by atoms with Crippen molar-refractivity contribution in [1.29, 1.82) is 0 Å². The predicted octanol–water partition coefficient (Wildman–Crippen LogP) is 4.65. The Bertz CT molecular complexity index is 1150. The number of rotatable bonds is 4. The van der Waals surface area contributed by atoms with E-state index >= 15 is 0 Å². The summed E-state index contributed by atoms with van der Waals surface area (Å²) in [5.74, 6) is -0.810. The number of aromatic nitrogens is 2. The van der Waals surface area contributed by atoms with E-state index in [1.165, 1.54) is 28.9 Å². The summed E-state index contributed by atoms with van der Waals surface area (Å²) in [7, 11) is -3.96. The average Bonchev–Trinajstić information content (AvgIpc) is 3.00. The van der Waals surface area contributed by atoms with E-state index in [0.29, 0.717) is 5.02 Å². The molecule has 0 fully saturated rings. The summed E-state index contributed by atoms with van der Waals surface area (Å²) in [5, 5.41) is 4.85. The smallest absolute Gasteiger partial charge is 0.344 e. The molecule has 2 aromatic carbocycles. The van der Waals surface area contributed by atoms with Crippen LogP contribution in [0.15, 0.2) is 64.4 Å². The van der Waals surface area contributed by atoms with E-state index in [1.807, 2.05) is 20.8 Å². The summed E-state index contributed by atoms with van der Waals surface area (Å²) in [6, 6.07) is 14.1. The number of carbonyl (C=O) groups excluding carboxylic acids is 1. The molecule has 8 heteroatoms. The highest BCUT2D eigenvalue weighted by Crippen LogP contribution is 2.36. The largest absolute Gasteiger partial charge is 0.403 e. The van der Waals surface area contributed by atoms with Crippen LogP contribution in [-0.2, 0) is 15.4 Å². The van der Waals surface area contributed by atoms with Gasteiger partial charge in [-0.2, -0.15) is 5.10 Å². The molecule has 0 aliphatic carbocycles. The Balaban J connectivity index is 2.16. The maximum absolute atomic E-state index is 13.3. The van der Waals surface area contributed by atoms with Gasteiger partial charge in [0.1, 0.15) is 0 Å². The van der Waals surface area contributed by atoms with Crippen LogP contribution in [0.2, 0.25) is 5.02 Å². The van der Waals surface area contributed by atoms with Crippen molar-refractivity contribution in [1.82, 2.24) is 9.78 Å². The van der Waals surface area contributed by atoms with Crippen LogP contribution in [0.25, 0.3) is 0 Å². The second-order valence-electron chi connectivity index (χ2n) is 7.52. The van der Waals surface area contributed by atoms with Crippen LogP contribution in [-0.4, -0.2) is 24.2 Å². The van der Waals surface area contributed by atoms with Gasteiger partial charge in [-0.15, -0.1) is 0 Å². The summed E-state index contributed by atoms with van der Waals surface area (Å²) in [4.78, 5) is 12.7. The number of nitrogens with zero attached hydrogens (tertiary/aromatic N) is 2. The molecule has 0 atom stereocenters. The Morgan fingerprint density at radius 1 is 1.03 bits per heavy atom. The molecule has 152 valence electrons. The molecule has 0 aliphatic rings. The van der Waals surface area contributed by atoms with Crippen molar-refractivity contribution in [3.63, 3.8) is 0 Å². The number of hydrogen-bond acceptors (Lipinski definition) is 5. The molecule has 1 heterocycles. The number of esters is 1. The fourth-order valence-corrected chi connectivity index (χ4v) is 4.46. The minimum absolute atomic E-state index is 0.0975. The first kappa shape index (κ1) is 21.1. The Labute approximate surface area is 175 Å². The molecule has 0 saturated heterocycles. The van der Waals surface area contributed by atoms with Gasteiger partial charge in [0.25, 0.3) is 0 Å². The molecule has 0 spiro atoms. The lowest BCUT2D eigenvalue weighted by atomic mass is 10.1. The van der Waals surface area contributed by atoms with Gasteiger partial charge in [-0.3, -0.25) is 0 Å². The lowest BCUT2D eigenvalue weighted by Crippen LogP contribution is -2.26. The van der Waals surface area contributed by atoms with Crippen LogP contribution in [0.5, 0.6) is 5.88 Å². The third-order valence-corrected chi connectivity index (χ3v) is 6.34. The number of hydrogen-bond donors (Lipinski definition) is 0. The highest BCUT2D eigenvalue weighted by Gasteiger charge is 2.34. The quantitative estimate of drug-likeness (QED) is 0.560. The van der Waals surface area contributed by atoms with Gasteiger partial charge in [-0.05, 0) is 64.1 Å². The lowest BCUT2D eigenvalue weighted by molar-refractivity contribution is 0.0703. The van der Waals surface area contributed by atoms with Gasteiger partial charge >= 0.3 is 5.97 Å². The Morgan fingerprint density at radius 3 is 2.17 bits per heavy atom. The molecule has 3 rings (SSSR count). The van der Waals surface area contributed by atoms with Crippen molar-refractivity contribution < 1.29 is 17.9 Å². The predicted molar refractivity (Wildman–Crippen MR) is 110 cm³/mol. The van der Waals surface area contributed by atoms with Crippen molar-refractivity contribution in [2.75, 3.05) is 0 Å². The minimum Gasteiger partial charge on any atom is -0.403 e. The standard InChI is InChI=1S/C21H21ClN2O4S/c1-14-18(29(26,27)17-8-6-5-7-9-17)19(24(23-14)21(2,3)4)28-20(25)15-10-12-16(22)13-11-15/h5-13H,1-4H3. The van der Waals surface area contributed by atoms with Crippen molar-refractivity contribution in [3.8, 4) is 5.88 Å². The van der Waals surface area contributed by atoms with Crippen molar-refractivity contribution in [3.05, 3.63) is 70.9 Å². The van der Waals surface area contributed by atoms with Gasteiger partial charge in [-0.1, -0.05) is 29.8 Å². The van der Waals surface area contributed by atoms with Crippen molar-refractivity contribution in [2.45, 2.75) is 43.0 Å². The summed E-state index contributed by atoms with van der Waals surface area (Å²) in [5.41, 5.74) is -0.121. The number of aryl methyl sites for hydroxylation is 1. The first-order valence-electron chi connectivity index (χ1n) is 8.90. The Kier molecular flexibility index (Phi) is 5.56. The van der Waals surface area contributed by atoms with Crippen LogP contribution in [0.4, 0.5) is 0 Å². The van der Waals surface area contributed by atoms with E-state index in [-0.39, 0.29) is 26.9 Å². The number of ether oxygens (including phenoxy) is 1. The van der Waals surface area contributed by atoms with E-state index in [9.17, 15) is 13.2 Å². The zero-order chi connectivity index (χ0) is 21.4. The SMILES string of the molecule is Cc1nn(C(C)(C)C)c(OC(=O)c2ccc(Cl)cc2)c1S(=O)(=O)c1ccccc1. The van der Waals surface area contributed by atoms with Gasteiger partial charge in [0.2, 0.25) is 15.7 Å². The van der Waals surface area contributed by atoms with Gasteiger partial charge < -0.3 is 4.74 Å². The van der Waals surface area contributed by atoms with E-state index in [0.717, 1.165) is 0 Å². The van der Waals surface area contributed by atoms with E-state index in [1.54, 1.807) is 37.3 Å². The maximum atomic E-state index is 13.3. The molecule has 29 heavy (non-hydrogen) atoms. The van der Waals surface area contributed by atoms with Gasteiger partial charge in [-0.25, -0.2) is 17.9 Å². The van der Waals surface area contributed by atoms with Crippen molar-refractivity contribution >= 4 is 27.4 Å². The number of carbonyl (C=O) groups is 1. The van der Waals surface area contributed by atoms with Crippen molar-refractivity contribution in [2.24, 2.45) is 0 Å². The molecule has 0 bridgehead atoms. The topological polar surface area (TPSA) is 78.3 Å². The molecule has 0 unspecified atom stereocenters. The number of sulfone groups is 1. The zero-order valence-electron chi connectivity index (χ0n) is 16.5. The molecule has 3 aromatic rings. The summed E-state index contributed by atoms with van der Waals surface area (Å²) < 4.78 is 33.7. The second-order valence-corrected chi connectivity index (χ2v) is 9.84. The molecule has 0 amide bonds. The molecule has 0 N–H and O–H groups in total. The highest BCUT2D eigenvalue weighted by atomic mass is 35.5. The molecule has 0 saturated carbocycles. The molecule has 0 aliphatic heterocycles. The van der Waals surface area contributed by atoms with E-state index in [2.05, 4.69) is 5.10 Å². The normalized spacial score (nSPS) is 12.0. The van der Waals surface area contributed by atoms with Gasteiger partial charge in [0.15, 0.2) is 4.90 Å². The molecular formula is C21H21ClN2O4S. The van der Waals surface area contributed by atoms with Crippen LogP contribution in [0.3, 0.4) is 0 Å². The van der Waals surface area contributed by atoms with E-state index in [4.69, 9.17) is 16.3 Å². The fourth-order valence-electron chi connectivity index (χ4n) is 2.80. The summed E-state index contributed by atoms with van der Waals surface area (Å²) >= 11 is 5.87. The molecule has 1 aromatic heterocycles. The van der Waals surface area contributed by atoms with Crippen LogP contribution >= 0.6 is 11.6 Å². The third kappa shape index (κ3) is 4.21. The van der Waals surface area contributed by atoms with E-state index < -0.39 is 21.3 Å². The number of benzene rings is 2. The summed E-state index contributed by atoms with van der Waals surface area (Å²) in [6.45, 7) is 7.12. The molecule has 0 radical (unpaired) electrons. The Hall–Kier alpha value is -2.64. The van der Waals surface area contributed by atoms with Crippen LogP contribution in [0, 0.1) is 6.92 Å².